The number of hydrogen-bond acceptors (Lipinski definition) is 4. The third kappa shape index (κ3) is 5.25. The number of ether oxygens (including phenoxy) is 4. The van der Waals surface area contributed by atoms with Crippen molar-refractivity contribution in [2.24, 2.45) is 0 Å². The Balaban J connectivity index is 1.46. The minimum absolute atomic E-state index is 0.215. The summed E-state index contributed by atoms with van der Waals surface area (Å²) in [5.41, 5.74) is 2.21. The molecule has 0 amide bonds. The van der Waals surface area contributed by atoms with Crippen LogP contribution in [-0.4, -0.2) is 19.3 Å². The van der Waals surface area contributed by atoms with E-state index >= 15 is 0 Å². The van der Waals surface area contributed by atoms with Crippen molar-refractivity contribution in [2.75, 3.05) is 13.2 Å². The Kier molecular flexibility index (Phi) is 5.56. The van der Waals surface area contributed by atoms with Crippen molar-refractivity contribution in [2.45, 2.75) is 19.3 Å². The zero-order valence-electron chi connectivity index (χ0n) is 15.0. The molecule has 138 valence electrons. The Morgan fingerprint density at radius 1 is 0.704 bits per heavy atom. The summed E-state index contributed by atoms with van der Waals surface area (Å²) >= 11 is 0. The van der Waals surface area contributed by atoms with Gasteiger partial charge in [0.1, 0.15) is 31.7 Å². The summed E-state index contributed by atoms with van der Waals surface area (Å²) in [6.45, 7) is 2.29. The zero-order valence-corrected chi connectivity index (χ0v) is 15.0. The first-order valence-corrected chi connectivity index (χ1v) is 9.09. The Morgan fingerprint density at radius 2 is 1.30 bits per heavy atom. The van der Waals surface area contributed by atoms with E-state index in [1.807, 2.05) is 78.9 Å². The highest BCUT2D eigenvalue weighted by Crippen LogP contribution is 2.33. The molecule has 27 heavy (non-hydrogen) atoms. The van der Waals surface area contributed by atoms with Crippen molar-refractivity contribution in [1.82, 2.24) is 0 Å². The van der Waals surface area contributed by atoms with Gasteiger partial charge < -0.3 is 18.9 Å². The first kappa shape index (κ1) is 17.4. The van der Waals surface area contributed by atoms with Gasteiger partial charge in [-0.3, -0.25) is 0 Å². The fraction of sp³-hybridized carbons (Fsp3) is 0.217. The van der Waals surface area contributed by atoms with Crippen LogP contribution in [0.15, 0.2) is 78.9 Å². The van der Waals surface area contributed by atoms with Gasteiger partial charge in [-0.25, -0.2) is 0 Å². The second-order valence-electron chi connectivity index (χ2n) is 6.42. The highest BCUT2D eigenvalue weighted by molar-refractivity contribution is 5.46. The van der Waals surface area contributed by atoms with Crippen LogP contribution in [-0.2, 0) is 18.0 Å². The number of hydrogen-bond donors (Lipinski definition) is 0. The highest BCUT2D eigenvalue weighted by Gasteiger charge is 2.23. The highest BCUT2D eigenvalue weighted by atomic mass is 16.6. The maximum absolute atomic E-state index is 6.04. The van der Waals surface area contributed by atoms with Crippen molar-refractivity contribution >= 4 is 0 Å². The fourth-order valence-electron chi connectivity index (χ4n) is 2.63. The average Bonchev–Trinajstić information content (AvgIpc) is 3.56. The molecule has 1 fully saturated rings. The first-order valence-electron chi connectivity index (χ1n) is 9.09. The summed E-state index contributed by atoms with van der Waals surface area (Å²) in [7, 11) is 0. The Bertz CT molecular complexity index is 845. The SMILES string of the molecule is c1ccc(COc2ccc(OC[C@H]3CO3)cc2OCc2ccccc2)cc1. The summed E-state index contributed by atoms with van der Waals surface area (Å²) in [4.78, 5) is 0. The van der Waals surface area contributed by atoms with Crippen LogP contribution in [0.3, 0.4) is 0 Å². The molecule has 0 spiro atoms. The lowest BCUT2D eigenvalue weighted by Crippen LogP contribution is -2.05. The molecule has 0 bridgehead atoms. The van der Waals surface area contributed by atoms with E-state index in [0.717, 1.165) is 23.5 Å². The maximum atomic E-state index is 6.04. The average molecular weight is 362 g/mol. The molecule has 1 atom stereocenters. The van der Waals surface area contributed by atoms with Crippen LogP contribution in [0.4, 0.5) is 0 Å². The van der Waals surface area contributed by atoms with Crippen molar-refractivity contribution < 1.29 is 18.9 Å². The van der Waals surface area contributed by atoms with Gasteiger partial charge in [0.2, 0.25) is 0 Å². The summed E-state index contributed by atoms with van der Waals surface area (Å²) < 4.78 is 23.0. The summed E-state index contributed by atoms with van der Waals surface area (Å²) in [5, 5.41) is 0. The second kappa shape index (κ2) is 8.60. The van der Waals surface area contributed by atoms with E-state index in [-0.39, 0.29) is 6.10 Å². The lowest BCUT2D eigenvalue weighted by atomic mass is 10.2. The topological polar surface area (TPSA) is 40.2 Å². The standard InChI is InChI=1S/C23H22O4/c1-3-7-18(8-4-1)14-26-22-12-11-20(24-16-21-17-25-21)13-23(22)27-15-19-9-5-2-6-10-19/h1-13,21H,14-17H2/t21-/m0/s1. The molecule has 3 aromatic rings. The van der Waals surface area contributed by atoms with Crippen LogP contribution in [0.25, 0.3) is 0 Å². The molecule has 0 aromatic heterocycles. The molecule has 0 aliphatic carbocycles. The van der Waals surface area contributed by atoms with Gasteiger partial charge in [-0.1, -0.05) is 60.7 Å². The van der Waals surface area contributed by atoms with Gasteiger partial charge in [-0.15, -0.1) is 0 Å². The lowest BCUT2D eigenvalue weighted by Gasteiger charge is -2.15. The summed E-state index contributed by atoms with van der Waals surface area (Å²) in [6, 6.07) is 25.8. The van der Waals surface area contributed by atoms with Crippen molar-refractivity contribution in [3.05, 3.63) is 90.0 Å². The largest absolute Gasteiger partial charge is 0.491 e. The van der Waals surface area contributed by atoms with Gasteiger partial charge in [0, 0.05) is 6.07 Å². The molecule has 1 heterocycles. The van der Waals surface area contributed by atoms with E-state index in [1.165, 1.54) is 0 Å². The fourth-order valence-corrected chi connectivity index (χ4v) is 2.63. The zero-order chi connectivity index (χ0) is 18.3. The van der Waals surface area contributed by atoms with E-state index in [9.17, 15) is 0 Å². The first-order chi connectivity index (χ1) is 13.4. The molecule has 4 rings (SSSR count). The van der Waals surface area contributed by atoms with E-state index in [0.29, 0.717) is 31.3 Å². The molecule has 4 heteroatoms. The molecule has 1 aliphatic heterocycles. The molecule has 0 saturated carbocycles. The van der Waals surface area contributed by atoms with E-state index in [2.05, 4.69) is 0 Å². The molecule has 0 N–H and O–H groups in total. The van der Waals surface area contributed by atoms with Crippen LogP contribution >= 0.6 is 0 Å². The summed E-state index contributed by atoms with van der Waals surface area (Å²) in [6.07, 6.45) is 0.215. The third-order valence-corrected chi connectivity index (χ3v) is 4.23. The molecule has 3 aromatic carbocycles. The quantitative estimate of drug-likeness (QED) is 0.521. The van der Waals surface area contributed by atoms with E-state index in [1.54, 1.807) is 0 Å². The monoisotopic (exact) mass is 362 g/mol. The van der Waals surface area contributed by atoms with Crippen LogP contribution in [0.5, 0.6) is 17.2 Å². The van der Waals surface area contributed by atoms with Gasteiger partial charge in [0.25, 0.3) is 0 Å². The Labute approximate surface area is 159 Å². The predicted octanol–water partition coefficient (Wildman–Crippen LogP) is 4.62. The van der Waals surface area contributed by atoms with Crippen molar-refractivity contribution in [1.29, 1.82) is 0 Å². The van der Waals surface area contributed by atoms with Crippen LogP contribution < -0.4 is 14.2 Å². The van der Waals surface area contributed by atoms with E-state index < -0.39 is 0 Å². The number of rotatable bonds is 9. The lowest BCUT2D eigenvalue weighted by molar-refractivity contribution is 0.246. The summed E-state index contributed by atoms with van der Waals surface area (Å²) in [5.74, 6) is 2.12. The normalized spacial score (nSPS) is 15.2. The molecule has 0 radical (unpaired) electrons. The maximum Gasteiger partial charge on any atom is 0.165 e. The molecule has 4 nitrogen and oxygen atoms in total. The van der Waals surface area contributed by atoms with Crippen LogP contribution in [0.1, 0.15) is 11.1 Å². The predicted molar refractivity (Wildman–Crippen MR) is 103 cm³/mol. The van der Waals surface area contributed by atoms with Crippen molar-refractivity contribution in [3.63, 3.8) is 0 Å². The molecule has 1 aliphatic rings. The molecular weight excluding hydrogens is 340 g/mol. The van der Waals surface area contributed by atoms with Gasteiger partial charge in [0.15, 0.2) is 11.5 Å². The smallest absolute Gasteiger partial charge is 0.165 e. The van der Waals surface area contributed by atoms with E-state index in [4.69, 9.17) is 18.9 Å². The van der Waals surface area contributed by atoms with Crippen LogP contribution in [0.2, 0.25) is 0 Å². The molecule has 0 unspecified atom stereocenters. The van der Waals surface area contributed by atoms with Gasteiger partial charge >= 0.3 is 0 Å². The van der Waals surface area contributed by atoms with Crippen molar-refractivity contribution in [3.8, 4) is 17.2 Å². The second-order valence-corrected chi connectivity index (χ2v) is 6.42. The molecule has 1 saturated heterocycles. The third-order valence-electron chi connectivity index (χ3n) is 4.23. The minimum Gasteiger partial charge on any atom is -0.491 e. The van der Waals surface area contributed by atoms with Gasteiger partial charge in [0.05, 0.1) is 6.61 Å². The Hall–Kier alpha value is -2.98. The van der Waals surface area contributed by atoms with Gasteiger partial charge in [-0.05, 0) is 23.3 Å². The van der Waals surface area contributed by atoms with Crippen LogP contribution in [0, 0.1) is 0 Å². The minimum atomic E-state index is 0.215. The number of benzene rings is 3. The Morgan fingerprint density at radius 3 is 1.89 bits per heavy atom. The molecular formula is C23H22O4. The number of epoxide rings is 1. The van der Waals surface area contributed by atoms with Gasteiger partial charge in [-0.2, -0.15) is 0 Å².